The van der Waals surface area contributed by atoms with Crippen LogP contribution >= 0.6 is 0 Å². The zero-order valence-corrected chi connectivity index (χ0v) is 5.09. The number of rotatable bonds is 0. The molecule has 1 aliphatic heterocycles. The summed E-state index contributed by atoms with van der Waals surface area (Å²) in [6.07, 6.45) is 1.02. The summed E-state index contributed by atoms with van der Waals surface area (Å²) in [5, 5.41) is 10.3. The first-order chi connectivity index (χ1) is 4.20. The maximum absolute atomic E-state index is 10.6. The molecule has 9 heavy (non-hydrogen) atoms. The minimum absolute atomic E-state index is 0.0739. The highest BCUT2D eigenvalue weighted by Gasteiger charge is 2.21. The SMILES string of the molecule is NC1CCC(=O)[NH+]([O-])C1. The highest BCUT2D eigenvalue weighted by atomic mass is 16.5. The molecule has 1 heterocycles. The van der Waals surface area contributed by atoms with E-state index >= 15 is 0 Å². The molecular weight excluding hydrogens is 120 g/mol. The van der Waals surface area contributed by atoms with Gasteiger partial charge in [-0.05, 0) is 6.42 Å². The fourth-order valence-electron chi connectivity index (χ4n) is 0.910. The van der Waals surface area contributed by atoms with E-state index in [1.807, 2.05) is 0 Å². The van der Waals surface area contributed by atoms with Gasteiger partial charge in [0, 0.05) is 0 Å². The maximum Gasteiger partial charge on any atom is 0.312 e. The molecule has 0 aromatic rings. The number of amides is 1. The second kappa shape index (κ2) is 2.43. The lowest BCUT2D eigenvalue weighted by Crippen LogP contribution is -3.12. The first-order valence-electron chi connectivity index (χ1n) is 3.02. The number of hydroxylamine groups is 2. The van der Waals surface area contributed by atoms with Crippen molar-refractivity contribution in [1.29, 1.82) is 0 Å². The van der Waals surface area contributed by atoms with E-state index in [1.54, 1.807) is 0 Å². The van der Waals surface area contributed by atoms with Crippen LogP contribution in [0, 0.1) is 5.21 Å². The minimum atomic E-state index is -0.297. The van der Waals surface area contributed by atoms with E-state index in [2.05, 4.69) is 0 Å². The van der Waals surface area contributed by atoms with Gasteiger partial charge in [0.1, 0.15) is 0 Å². The lowest BCUT2D eigenvalue weighted by atomic mass is 10.1. The Kier molecular flexibility index (Phi) is 1.80. The van der Waals surface area contributed by atoms with Crippen LogP contribution in [0.2, 0.25) is 0 Å². The van der Waals surface area contributed by atoms with E-state index in [-0.39, 0.29) is 23.6 Å². The van der Waals surface area contributed by atoms with Crippen molar-refractivity contribution in [3.05, 3.63) is 5.21 Å². The number of nitrogens with one attached hydrogen (secondary N) is 1. The molecule has 0 saturated carbocycles. The first kappa shape index (κ1) is 6.67. The molecule has 3 N–H and O–H groups in total. The van der Waals surface area contributed by atoms with Crippen molar-refractivity contribution < 1.29 is 9.86 Å². The zero-order chi connectivity index (χ0) is 6.85. The summed E-state index contributed by atoms with van der Waals surface area (Å²) >= 11 is 0. The third kappa shape index (κ3) is 1.48. The van der Waals surface area contributed by atoms with Gasteiger partial charge in [0.15, 0.2) is 0 Å². The molecule has 1 saturated heterocycles. The molecule has 1 rings (SSSR count). The van der Waals surface area contributed by atoms with Crippen LogP contribution in [0.4, 0.5) is 0 Å². The molecule has 4 heteroatoms. The molecule has 0 bridgehead atoms. The number of hydrogen-bond donors (Lipinski definition) is 2. The normalized spacial score (nSPS) is 36.9. The Morgan fingerprint density at radius 3 is 2.89 bits per heavy atom. The Labute approximate surface area is 53.2 Å². The molecule has 0 aliphatic carbocycles. The lowest BCUT2D eigenvalue weighted by Gasteiger charge is -2.27. The van der Waals surface area contributed by atoms with Crippen LogP contribution in [0.15, 0.2) is 0 Å². The van der Waals surface area contributed by atoms with Crippen molar-refractivity contribution >= 4 is 5.91 Å². The highest BCUT2D eigenvalue weighted by Crippen LogP contribution is 1.94. The molecule has 52 valence electrons. The summed E-state index contributed by atoms with van der Waals surface area (Å²) in [6.45, 7) is 0.249. The first-order valence-corrected chi connectivity index (χ1v) is 3.02. The fourth-order valence-corrected chi connectivity index (χ4v) is 0.910. The van der Waals surface area contributed by atoms with Crippen molar-refractivity contribution in [3.8, 4) is 0 Å². The van der Waals surface area contributed by atoms with Crippen molar-refractivity contribution in [2.24, 2.45) is 5.73 Å². The number of carbonyl (C=O) groups excluding carboxylic acids is 1. The summed E-state index contributed by atoms with van der Waals surface area (Å²) < 4.78 is 0. The summed E-state index contributed by atoms with van der Waals surface area (Å²) in [5.41, 5.74) is 5.41. The van der Waals surface area contributed by atoms with E-state index in [0.717, 1.165) is 0 Å². The predicted molar refractivity (Wildman–Crippen MR) is 31.4 cm³/mol. The second-order valence-electron chi connectivity index (χ2n) is 2.35. The summed E-state index contributed by atoms with van der Waals surface area (Å²) in [6, 6.07) is -0.0739. The molecule has 4 nitrogen and oxygen atoms in total. The third-order valence-corrected chi connectivity index (χ3v) is 1.50. The smallest absolute Gasteiger partial charge is 0.312 e. The monoisotopic (exact) mass is 130 g/mol. The molecule has 0 aromatic carbocycles. The van der Waals surface area contributed by atoms with E-state index in [0.29, 0.717) is 12.8 Å². The number of nitrogens with two attached hydrogens (primary N) is 1. The molecule has 1 aliphatic rings. The van der Waals surface area contributed by atoms with E-state index in [1.165, 1.54) is 0 Å². The number of piperidine rings is 1. The fraction of sp³-hybridized carbons (Fsp3) is 0.800. The van der Waals surface area contributed by atoms with E-state index in [4.69, 9.17) is 5.73 Å². The van der Waals surface area contributed by atoms with Crippen molar-refractivity contribution in [3.63, 3.8) is 0 Å². The summed E-state index contributed by atoms with van der Waals surface area (Å²) in [5.74, 6) is -0.253. The Morgan fingerprint density at radius 1 is 1.78 bits per heavy atom. The van der Waals surface area contributed by atoms with Crippen LogP contribution in [0.3, 0.4) is 0 Å². The number of hydrogen-bond acceptors (Lipinski definition) is 3. The van der Waals surface area contributed by atoms with Gasteiger partial charge in [0.05, 0.1) is 19.0 Å². The quantitative estimate of drug-likeness (QED) is 0.373. The average molecular weight is 130 g/mol. The largest absolute Gasteiger partial charge is 0.627 e. The maximum atomic E-state index is 10.6. The minimum Gasteiger partial charge on any atom is -0.627 e. The van der Waals surface area contributed by atoms with Crippen LogP contribution in [0.5, 0.6) is 0 Å². The van der Waals surface area contributed by atoms with Gasteiger partial charge in [0.2, 0.25) is 0 Å². The van der Waals surface area contributed by atoms with Crippen LogP contribution in [0.1, 0.15) is 12.8 Å². The molecular formula is C5H10N2O2. The summed E-state index contributed by atoms with van der Waals surface area (Å²) in [4.78, 5) is 10.5. The molecule has 0 aromatic heterocycles. The molecule has 2 atom stereocenters. The lowest BCUT2D eigenvalue weighted by molar-refractivity contribution is -0.770. The Bertz CT molecular complexity index is 126. The molecule has 1 amide bonds. The van der Waals surface area contributed by atoms with Gasteiger partial charge in [-0.3, -0.25) is 0 Å². The topological polar surface area (TPSA) is 70.6 Å². The molecule has 2 unspecified atom stereocenters. The van der Waals surface area contributed by atoms with Gasteiger partial charge in [0.25, 0.3) is 0 Å². The van der Waals surface area contributed by atoms with Crippen molar-refractivity contribution in [2.45, 2.75) is 18.9 Å². The van der Waals surface area contributed by atoms with Crippen LogP contribution in [-0.2, 0) is 4.79 Å². The molecule has 0 spiro atoms. The van der Waals surface area contributed by atoms with Crippen LogP contribution in [0.25, 0.3) is 0 Å². The van der Waals surface area contributed by atoms with Gasteiger partial charge in [-0.25, -0.2) is 4.79 Å². The van der Waals surface area contributed by atoms with Crippen molar-refractivity contribution in [2.75, 3.05) is 6.54 Å². The second-order valence-corrected chi connectivity index (χ2v) is 2.35. The van der Waals surface area contributed by atoms with Gasteiger partial charge in [-0.1, -0.05) is 0 Å². The molecule has 1 fully saturated rings. The van der Waals surface area contributed by atoms with Gasteiger partial charge in [-0.2, -0.15) is 0 Å². The highest BCUT2D eigenvalue weighted by molar-refractivity contribution is 5.67. The van der Waals surface area contributed by atoms with E-state index in [9.17, 15) is 10.0 Å². The zero-order valence-electron chi connectivity index (χ0n) is 5.09. The average Bonchev–Trinajstić information content (AvgIpc) is 1.80. The standard InChI is InChI=1S/C5H10N2O2/c6-4-1-2-5(8)7(9)3-4/h4,7H,1-3,6H2. The predicted octanol–water partition coefficient (Wildman–Crippen LogP) is -1.98. The van der Waals surface area contributed by atoms with Gasteiger partial charge in [-0.15, -0.1) is 0 Å². The Balaban J connectivity index is 2.44. The van der Waals surface area contributed by atoms with Crippen LogP contribution < -0.4 is 10.8 Å². The summed E-state index contributed by atoms with van der Waals surface area (Å²) in [7, 11) is 0. The third-order valence-electron chi connectivity index (χ3n) is 1.50. The van der Waals surface area contributed by atoms with E-state index < -0.39 is 0 Å². The molecule has 0 radical (unpaired) electrons. The number of quaternary nitrogens is 1. The van der Waals surface area contributed by atoms with Crippen LogP contribution in [-0.4, -0.2) is 18.5 Å². The van der Waals surface area contributed by atoms with Gasteiger partial charge >= 0.3 is 5.91 Å². The number of carbonyl (C=O) groups is 1. The van der Waals surface area contributed by atoms with Crippen molar-refractivity contribution in [1.82, 2.24) is 0 Å². The Morgan fingerprint density at radius 2 is 2.44 bits per heavy atom. The Hall–Kier alpha value is -0.450. The van der Waals surface area contributed by atoms with Gasteiger partial charge < -0.3 is 16.0 Å².